The van der Waals surface area contributed by atoms with E-state index in [9.17, 15) is 4.79 Å². The molecule has 0 saturated carbocycles. The standard InChI is InChI=1S/C11H15N5O/c1-14(8-9-4-6-15(2)12-9)11(17)10-5-7-16(3)13-10/h4-7H,8H2,1-3H3. The average molecular weight is 233 g/mol. The van der Waals surface area contributed by atoms with E-state index in [2.05, 4.69) is 10.2 Å². The summed E-state index contributed by atoms with van der Waals surface area (Å²) in [6.07, 6.45) is 3.61. The molecule has 2 aromatic heterocycles. The Morgan fingerprint density at radius 3 is 2.41 bits per heavy atom. The molecule has 0 aliphatic rings. The number of amides is 1. The number of aromatic nitrogens is 4. The molecule has 1 amide bonds. The van der Waals surface area contributed by atoms with Gasteiger partial charge in [0, 0.05) is 33.5 Å². The molecule has 0 N–H and O–H groups in total. The lowest BCUT2D eigenvalue weighted by atomic mass is 10.3. The second-order valence-corrected chi connectivity index (χ2v) is 4.02. The van der Waals surface area contributed by atoms with Gasteiger partial charge >= 0.3 is 0 Å². The minimum Gasteiger partial charge on any atom is -0.334 e. The quantitative estimate of drug-likeness (QED) is 0.772. The first-order chi connectivity index (χ1) is 8.06. The molecule has 2 heterocycles. The molecule has 2 rings (SSSR count). The maximum Gasteiger partial charge on any atom is 0.274 e. The maximum atomic E-state index is 12.0. The molecule has 17 heavy (non-hydrogen) atoms. The molecule has 0 aliphatic heterocycles. The van der Waals surface area contributed by atoms with E-state index >= 15 is 0 Å². The molecular weight excluding hydrogens is 218 g/mol. The first kappa shape index (κ1) is 11.4. The van der Waals surface area contributed by atoms with Crippen molar-refractivity contribution in [3.8, 4) is 0 Å². The average Bonchev–Trinajstić information content (AvgIpc) is 2.87. The van der Waals surface area contributed by atoms with Gasteiger partial charge in [0.1, 0.15) is 5.69 Å². The summed E-state index contributed by atoms with van der Waals surface area (Å²) in [7, 11) is 5.38. The molecule has 90 valence electrons. The van der Waals surface area contributed by atoms with Gasteiger partial charge in [-0.3, -0.25) is 14.2 Å². The van der Waals surface area contributed by atoms with Crippen LogP contribution in [0.1, 0.15) is 16.2 Å². The molecule has 0 atom stereocenters. The fourth-order valence-corrected chi connectivity index (χ4v) is 1.59. The number of hydrogen-bond donors (Lipinski definition) is 0. The third-order valence-corrected chi connectivity index (χ3v) is 2.45. The highest BCUT2D eigenvalue weighted by molar-refractivity contribution is 5.91. The fourth-order valence-electron chi connectivity index (χ4n) is 1.59. The van der Waals surface area contributed by atoms with E-state index in [0.717, 1.165) is 5.69 Å². The fraction of sp³-hybridized carbons (Fsp3) is 0.364. The topological polar surface area (TPSA) is 56.0 Å². The number of aryl methyl sites for hydroxylation is 2. The van der Waals surface area contributed by atoms with Gasteiger partial charge in [0.2, 0.25) is 0 Å². The van der Waals surface area contributed by atoms with Crippen LogP contribution in [0, 0.1) is 0 Å². The van der Waals surface area contributed by atoms with Crippen molar-refractivity contribution < 1.29 is 4.79 Å². The lowest BCUT2D eigenvalue weighted by Gasteiger charge is -2.13. The Morgan fingerprint density at radius 1 is 1.24 bits per heavy atom. The summed E-state index contributed by atoms with van der Waals surface area (Å²) in [4.78, 5) is 13.6. The Kier molecular flexibility index (Phi) is 2.95. The molecule has 6 nitrogen and oxygen atoms in total. The van der Waals surface area contributed by atoms with E-state index in [0.29, 0.717) is 12.2 Å². The number of hydrogen-bond acceptors (Lipinski definition) is 3. The van der Waals surface area contributed by atoms with Crippen LogP contribution in [0.5, 0.6) is 0 Å². The van der Waals surface area contributed by atoms with Gasteiger partial charge in [0.25, 0.3) is 5.91 Å². The van der Waals surface area contributed by atoms with Gasteiger partial charge in [-0.2, -0.15) is 10.2 Å². The molecule has 0 aromatic carbocycles. The Labute approximate surface area is 99.4 Å². The predicted octanol–water partition coefficient (Wildman–Crippen LogP) is 0.426. The molecule has 0 bridgehead atoms. The Morgan fingerprint density at radius 2 is 1.88 bits per heavy atom. The van der Waals surface area contributed by atoms with Crippen LogP contribution in [0.25, 0.3) is 0 Å². The normalized spacial score (nSPS) is 10.5. The van der Waals surface area contributed by atoms with Crippen LogP contribution in [0.15, 0.2) is 24.5 Å². The summed E-state index contributed by atoms with van der Waals surface area (Å²) in [5.41, 5.74) is 1.31. The van der Waals surface area contributed by atoms with Crippen LogP contribution in [0.4, 0.5) is 0 Å². The van der Waals surface area contributed by atoms with Crippen LogP contribution in [-0.4, -0.2) is 37.4 Å². The Hall–Kier alpha value is -2.11. The van der Waals surface area contributed by atoms with E-state index < -0.39 is 0 Å². The second-order valence-electron chi connectivity index (χ2n) is 4.02. The van der Waals surface area contributed by atoms with Gasteiger partial charge in [-0.15, -0.1) is 0 Å². The number of nitrogens with zero attached hydrogens (tertiary/aromatic N) is 5. The van der Waals surface area contributed by atoms with Gasteiger partial charge in [-0.25, -0.2) is 0 Å². The highest BCUT2D eigenvalue weighted by Gasteiger charge is 2.15. The first-order valence-electron chi connectivity index (χ1n) is 5.30. The number of carbonyl (C=O) groups is 1. The third-order valence-electron chi connectivity index (χ3n) is 2.45. The zero-order valence-corrected chi connectivity index (χ0v) is 10.2. The van der Waals surface area contributed by atoms with Gasteiger partial charge in [-0.05, 0) is 12.1 Å². The Balaban J connectivity index is 2.05. The van der Waals surface area contributed by atoms with Crippen molar-refractivity contribution in [2.24, 2.45) is 14.1 Å². The van der Waals surface area contributed by atoms with Gasteiger partial charge in [-0.1, -0.05) is 0 Å². The van der Waals surface area contributed by atoms with Gasteiger partial charge < -0.3 is 4.90 Å². The molecule has 0 spiro atoms. The van der Waals surface area contributed by atoms with Crippen LogP contribution in [0.2, 0.25) is 0 Å². The molecule has 0 saturated heterocycles. The predicted molar refractivity (Wildman–Crippen MR) is 62.2 cm³/mol. The highest BCUT2D eigenvalue weighted by Crippen LogP contribution is 2.04. The zero-order chi connectivity index (χ0) is 12.4. The highest BCUT2D eigenvalue weighted by atomic mass is 16.2. The van der Waals surface area contributed by atoms with Crippen LogP contribution in [-0.2, 0) is 20.6 Å². The maximum absolute atomic E-state index is 12.0. The largest absolute Gasteiger partial charge is 0.334 e. The van der Waals surface area contributed by atoms with Gasteiger partial charge in [0.05, 0.1) is 12.2 Å². The third kappa shape index (κ3) is 2.52. The molecule has 0 aliphatic carbocycles. The van der Waals surface area contributed by atoms with Crippen molar-refractivity contribution in [3.63, 3.8) is 0 Å². The van der Waals surface area contributed by atoms with E-state index in [1.165, 1.54) is 0 Å². The summed E-state index contributed by atoms with van der Waals surface area (Å²) in [6, 6.07) is 3.60. The summed E-state index contributed by atoms with van der Waals surface area (Å²) >= 11 is 0. The summed E-state index contributed by atoms with van der Waals surface area (Å²) < 4.78 is 3.33. The number of rotatable bonds is 3. The summed E-state index contributed by atoms with van der Waals surface area (Å²) in [5, 5.41) is 8.31. The lowest BCUT2D eigenvalue weighted by molar-refractivity contribution is 0.0776. The molecular formula is C11H15N5O. The van der Waals surface area contributed by atoms with Gasteiger partial charge in [0.15, 0.2) is 0 Å². The molecule has 2 aromatic rings. The van der Waals surface area contributed by atoms with Crippen molar-refractivity contribution in [1.29, 1.82) is 0 Å². The van der Waals surface area contributed by atoms with Crippen molar-refractivity contribution in [3.05, 3.63) is 35.9 Å². The van der Waals surface area contributed by atoms with E-state index in [-0.39, 0.29) is 5.91 Å². The number of carbonyl (C=O) groups excluding carboxylic acids is 1. The van der Waals surface area contributed by atoms with E-state index in [1.807, 2.05) is 19.3 Å². The van der Waals surface area contributed by atoms with Crippen LogP contribution < -0.4 is 0 Å². The van der Waals surface area contributed by atoms with Crippen molar-refractivity contribution >= 4 is 5.91 Å². The second kappa shape index (κ2) is 4.40. The SMILES string of the molecule is CN(Cc1ccn(C)n1)C(=O)c1ccn(C)n1. The molecule has 0 unspecified atom stereocenters. The van der Waals surface area contributed by atoms with Crippen molar-refractivity contribution in [2.45, 2.75) is 6.54 Å². The molecule has 6 heteroatoms. The summed E-state index contributed by atoms with van der Waals surface area (Å²) in [6.45, 7) is 0.482. The van der Waals surface area contributed by atoms with Crippen molar-refractivity contribution in [1.82, 2.24) is 24.5 Å². The molecule has 0 radical (unpaired) electrons. The molecule has 0 fully saturated rings. The van der Waals surface area contributed by atoms with E-state index in [1.54, 1.807) is 40.6 Å². The van der Waals surface area contributed by atoms with E-state index in [4.69, 9.17) is 0 Å². The first-order valence-corrected chi connectivity index (χ1v) is 5.30. The van der Waals surface area contributed by atoms with Crippen LogP contribution in [0.3, 0.4) is 0 Å². The van der Waals surface area contributed by atoms with Crippen LogP contribution >= 0.6 is 0 Å². The minimum absolute atomic E-state index is 0.101. The Bertz CT molecular complexity index is 527. The summed E-state index contributed by atoms with van der Waals surface area (Å²) in [5.74, 6) is -0.101. The smallest absolute Gasteiger partial charge is 0.274 e. The van der Waals surface area contributed by atoms with Crippen molar-refractivity contribution in [2.75, 3.05) is 7.05 Å². The zero-order valence-electron chi connectivity index (χ0n) is 10.2. The lowest BCUT2D eigenvalue weighted by Crippen LogP contribution is -2.27. The monoisotopic (exact) mass is 233 g/mol. The minimum atomic E-state index is -0.101.